The smallest absolute Gasteiger partial charge is 0.309 e. The zero-order valence-electron chi connectivity index (χ0n) is 15.2. The lowest BCUT2D eigenvalue weighted by molar-refractivity contribution is -0.139. The number of benzene rings is 2. The van der Waals surface area contributed by atoms with Crippen LogP contribution in [0, 0.1) is 0 Å². The van der Waals surface area contributed by atoms with E-state index in [1.165, 1.54) is 13.2 Å². The van der Waals surface area contributed by atoms with Gasteiger partial charge in [-0.15, -0.1) is 0 Å². The average Bonchev–Trinajstić information content (AvgIpc) is 2.62. The van der Waals surface area contributed by atoms with Crippen LogP contribution in [-0.4, -0.2) is 40.6 Å². The highest BCUT2D eigenvalue weighted by Crippen LogP contribution is 2.31. The Morgan fingerprint density at radius 2 is 1.78 bits per heavy atom. The van der Waals surface area contributed by atoms with E-state index in [0.29, 0.717) is 16.8 Å². The molecule has 27 heavy (non-hydrogen) atoms. The normalized spacial score (nSPS) is 12.3. The van der Waals surface area contributed by atoms with Gasteiger partial charge in [-0.1, -0.05) is 34.1 Å². The number of carbonyl (C=O) groups excluding carboxylic acids is 2. The van der Waals surface area contributed by atoms with Gasteiger partial charge in [0.2, 0.25) is 0 Å². The van der Waals surface area contributed by atoms with Crippen LogP contribution >= 0.6 is 15.9 Å². The fourth-order valence-corrected chi connectivity index (χ4v) is 4.17. The van der Waals surface area contributed by atoms with Gasteiger partial charge in [-0.25, -0.2) is 8.42 Å². The fraction of sp³-hybridized carbons (Fsp3) is 0.263. The van der Waals surface area contributed by atoms with Crippen molar-refractivity contribution in [2.45, 2.75) is 11.7 Å². The molecule has 0 aliphatic carbocycles. The van der Waals surface area contributed by atoms with E-state index >= 15 is 0 Å². The Kier molecular flexibility index (Phi) is 6.78. The number of hydrogen-bond acceptors (Lipinski definition) is 6. The van der Waals surface area contributed by atoms with Crippen molar-refractivity contribution in [2.24, 2.45) is 0 Å². The average molecular weight is 454 g/mol. The Morgan fingerprint density at radius 1 is 1.15 bits per heavy atom. The van der Waals surface area contributed by atoms with Crippen LogP contribution in [0.5, 0.6) is 0 Å². The van der Waals surface area contributed by atoms with E-state index in [-0.39, 0.29) is 12.0 Å². The maximum Gasteiger partial charge on any atom is 0.309 e. The second kappa shape index (κ2) is 8.67. The van der Waals surface area contributed by atoms with Gasteiger partial charge in [-0.2, -0.15) is 0 Å². The largest absolute Gasteiger partial charge is 0.469 e. The van der Waals surface area contributed by atoms with Crippen LogP contribution in [0.1, 0.15) is 26.7 Å². The van der Waals surface area contributed by atoms with Crippen molar-refractivity contribution in [1.29, 1.82) is 0 Å². The molecular formula is C19H20BrNO5S. The molecule has 1 unspecified atom stereocenters. The lowest BCUT2D eigenvalue weighted by Crippen LogP contribution is -2.22. The predicted molar refractivity (Wildman–Crippen MR) is 108 cm³/mol. The monoisotopic (exact) mass is 453 g/mol. The number of hydrogen-bond donors (Lipinski definition) is 1. The highest BCUT2D eigenvalue weighted by molar-refractivity contribution is 9.10. The lowest BCUT2D eigenvalue weighted by Gasteiger charge is -2.18. The zero-order valence-corrected chi connectivity index (χ0v) is 17.6. The molecule has 2 aromatic rings. The number of ether oxygens (including phenoxy) is 1. The van der Waals surface area contributed by atoms with Crippen LogP contribution in [0.4, 0.5) is 5.69 Å². The molecule has 0 saturated carbocycles. The molecule has 0 saturated heterocycles. The molecule has 0 spiro atoms. The molecule has 1 atom stereocenters. The van der Waals surface area contributed by atoms with Gasteiger partial charge in [-0.05, 0) is 35.4 Å². The van der Waals surface area contributed by atoms with Gasteiger partial charge in [0, 0.05) is 29.0 Å². The zero-order chi connectivity index (χ0) is 20.2. The van der Waals surface area contributed by atoms with Gasteiger partial charge in [0.05, 0.1) is 13.5 Å². The minimum absolute atomic E-state index is 0.0113. The molecule has 0 aliphatic heterocycles. The summed E-state index contributed by atoms with van der Waals surface area (Å²) >= 11 is 3.30. The number of rotatable bonds is 7. The Morgan fingerprint density at radius 3 is 2.30 bits per heavy atom. The standard InChI is InChI=1S/C19H20BrNO5S/c1-21-16-9-4-12(11-17(22)26-2)10-15(16)18(23)19(27(3,24)25)13-5-7-14(20)8-6-13/h4-10,19,21H,11H2,1-3H3. The number of halogens is 1. The summed E-state index contributed by atoms with van der Waals surface area (Å²) in [6, 6.07) is 11.4. The van der Waals surface area contributed by atoms with Crippen molar-refractivity contribution in [3.63, 3.8) is 0 Å². The molecule has 0 aromatic heterocycles. The van der Waals surface area contributed by atoms with Crippen LogP contribution in [0.15, 0.2) is 46.9 Å². The molecule has 0 aliphatic rings. The molecule has 144 valence electrons. The van der Waals surface area contributed by atoms with Crippen LogP contribution in [0.2, 0.25) is 0 Å². The molecule has 8 heteroatoms. The maximum absolute atomic E-state index is 13.2. The van der Waals surface area contributed by atoms with Gasteiger partial charge >= 0.3 is 5.97 Å². The van der Waals surface area contributed by atoms with E-state index < -0.39 is 26.8 Å². The summed E-state index contributed by atoms with van der Waals surface area (Å²) in [5, 5.41) is 1.56. The summed E-state index contributed by atoms with van der Waals surface area (Å²) in [6.45, 7) is 0. The highest BCUT2D eigenvalue weighted by atomic mass is 79.9. The van der Waals surface area contributed by atoms with E-state index in [0.717, 1.165) is 10.7 Å². The number of methoxy groups -OCH3 is 1. The van der Waals surface area contributed by atoms with Crippen LogP contribution in [0.3, 0.4) is 0 Å². The first-order chi connectivity index (χ1) is 12.7. The summed E-state index contributed by atoms with van der Waals surface area (Å²) < 4.78 is 30.3. The molecular weight excluding hydrogens is 434 g/mol. The third kappa shape index (κ3) is 5.17. The summed E-state index contributed by atoms with van der Waals surface area (Å²) in [5.74, 6) is -1.01. The van der Waals surface area contributed by atoms with Crippen molar-refractivity contribution >= 4 is 43.2 Å². The number of anilines is 1. The number of esters is 1. The second-order valence-electron chi connectivity index (χ2n) is 6.01. The van der Waals surface area contributed by atoms with Gasteiger partial charge in [-0.3, -0.25) is 9.59 Å². The summed E-state index contributed by atoms with van der Waals surface area (Å²) in [4.78, 5) is 24.8. The predicted octanol–water partition coefficient (Wildman–Crippen LogP) is 3.17. The SMILES string of the molecule is CNc1ccc(CC(=O)OC)cc1C(=O)C(c1ccc(Br)cc1)S(C)(=O)=O. The summed E-state index contributed by atoms with van der Waals surface area (Å²) in [5.41, 5.74) is 1.63. The van der Waals surface area contributed by atoms with Crippen LogP contribution in [0.25, 0.3) is 0 Å². The van der Waals surface area contributed by atoms with E-state index in [2.05, 4.69) is 26.0 Å². The highest BCUT2D eigenvalue weighted by Gasteiger charge is 2.33. The minimum atomic E-state index is -3.73. The first-order valence-electron chi connectivity index (χ1n) is 8.03. The molecule has 2 rings (SSSR count). The molecule has 0 amide bonds. The summed E-state index contributed by atoms with van der Waals surface area (Å²) in [7, 11) is -0.807. The Labute approximate surface area is 167 Å². The maximum atomic E-state index is 13.2. The van der Waals surface area contributed by atoms with Crippen molar-refractivity contribution in [1.82, 2.24) is 0 Å². The van der Waals surface area contributed by atoms with Gasteiger partial charge < -0.3 is 10.1 Å². The molecule has 0 fully saturated rings. The number of carbonyl (C=O) groups is 2. The number of nitrogens with one attached hydrogen (secondary N) is 1. The lowest BCUT2D eigenvalue weighted by atomic mass is 9.98. The Bertz CT molecular complexity index is 955. The number of sulfone groups is 1. The number of Topliss-reactive ketones (excluding diaryl/α,β-unsaturated/α-hetero) is 1. The molecule has 0 heterocycles. The van der Waals surface area contributed by atoms with Crippen LogP contribution in [-0.2, 0) is 25.8 Å². The first-order valence-corrected chi connectivity index (χ1v) is 10.8. The molecule has 0 radical (unpaired) electrons. The van der Waals surface area contributed by atoms with Gasteiger partial charge in [0.15, 0.2) is 15.6 Å². The van der Waals surface area contributed by atoms with Crippen molar-refractivity contribution < 1.29 is 22.7 Å². The minimum Gasteiger partial charge on any atom is -0.469 e. The van der Waals surface area contributed by atoms with Gasteiger partial charge in [0.25, 0.3) is 0 Å². The van der Waals surface area contributed by atoms with E-state index in [1.54, 1.807) is 43.4 Å². The Balaban J connectivity index is 2.55. The van der Waals surface area contributed by atoms with E-state index in [1.807, 2.05) is 0 Å². The first kappa shape index (κ1) is 21.1. The molecule has 6 nitrogen and oxygen atoms in total. The van der Waals surface area contributed by atoms with Crippen molar-refractivity contribution in [2.75, 3.05) is 25.7 Å². The van der Waals surface area contributed by atoms with E-state index in [9.17, 15) is 18.0 Å². The second-order valence-corrected chi connectivity index (χ2v) is 9.05. The summed E-state index contributed by atoms with van der Waals surface area (Å²) in [6.07, 6.45) is 1.03. The third-order valence-electron chi connectivity index (χ3n) is 4.03. The van der Waals surface area contributed by atoms with Gasteiger partial charge in [0.1, 0.15) is 5.25 Å². The molecule has 2 aromatic carbocycles. The van der Waals surface area contributed by atoms with E-state index in [4.69, 9.17) is 0 Å². The molecule has 0 bridgehead atoms. The van der Waals surface area contributed by atoms with Crippen LogP contribution < -0.4 is 5.32 Å². The number of ketones is 1. The fourth-order valence-electron chi connectivity index (χ4n) is 2.73. The van der Waals surface area contributed by atoms with Crippen molar-refractivity contribution in [3.8, 4) is 0 Å². The molecule has 1 N–H and O–H groups in total. The third-order valence-corrected chi connectivity index (χ3v) is 5.91. The quantitative estimate of drug-likeness (QED) is 0.511. The van der Waals surface area contributed by atoms with Crippen molar-refractivity contribution in [3.05, 3.63) is 63.6 Å². The Hall–Kier alpha value is -2.19. The topological polar surface area (TPSA) is 89.5 Å².